The van der Waals surface area contributed by atoms with Crippen LogP contribution in [0.15, 0.2) is 89.8 Å². The SMILES string of the molecule is COc1ccc([NH+]=C2CC(Sc3ccccc3)C(c3ccccc3)O2)cc1.[O-][Cl+3]([O-])([O-])[O-]. The van der Waals surface area contributed by atoms with Crippen LogP contribution in [0.2, 0.25) is 0 Å². The molecule has 0 radical (unpaired) electrons. The molecular weight excluding hydrogens is 454 g/mol. The van der Waals surface area contributed by atoms with E-state index in [4.69, 9.17) is 28.1 Å². The van der Waals surface area contributed by atoms with Gasteiger partial charge in [0.15, 0.2) is 0 Å². The number of methoxy groups -OCH3 is 1. The third-order valence-corrected chi connectivity index (χ3v) is 5.79. The lowest BCUT2D eigenvalue weighted by Crippen LogP contribution is -2.68. The summed E-state index contributed by atoms with van der Waals surface area (Å²) >= 11 is 1.87. The van der Waals surface area contributed by atoms with Gasteiger partial charge in [0.2, 0.25) is 5.69 Å². The third kappa shape index (κ3) is 7.83. The van der Waals surface area contributed by atoms with Crippen LogP contribution in [0.5, 0.6) is 5.75 Å². The predicted molar refractivity (Wildman–Crippen MR) is 110 cm³/mol. The minimum atomic E-state index is -4.94. The summed E-state index contributed by atoms with van der Waals surface area (Å²) in [7, 11) is -3.27. The zero-order chi connectivity index (χ0) is 23.0. The lowest BCUT2D eigenvalue weighted by Gasteiger charge is -2.17. The largest absolute Gasteiger partial charge is 0.497 e. The molecule has 2 unspecified atom stereocenters. The van der Waals surface area contributed by atoms with Gasteiger partial charge in [-0.15, -0.1) is 22.0 Å². The number of thioether (sulfide) groups is 1. The summed E-state index contributed by atoms with van der Waals surface area (Å²) in [5.74, 6) is 1.75. The molecule has 0 bridgehead atoms. The van der Waals surface area contributed by atoms with E-state index in [1.807, 2.05) is 48.2 Å². The van der Waals surface area contributed by atoms with Gasteiger partial charge < -0.3 is 9.47 Å². The summed E-state index contributed by atoms with van der Waals surface area (Å²) in [4.78, 5) is 4.70. The van der Waals surface area contributed by atoms with E-state index in [1.54, 1.807) is 7.11 Å². The molecule has 0 saturated carbocycles. The molecule has 168 valence electrons. The number of halogens is 1. The van der Waals surface area contributed by atoms with Crippen LogP contribution in [0.25, 0.3) is 0 Å². The van der Waals surface area contributed by atoms with E-state index >= 15 is 0 Å². The first-order valence-electron chi connectivity index (χ1n) is 9.64. The van der Waals surface area contributed by atoms with E-state index in [0.29, 0.717) is 5.25 Å². The summed E-state index contributed by atoms with van der Waals surface area (Å²) < 4.78 is 45.5. The van der Waals surface area contributed by atoms with Crippen LogP contribution in [0.3, 0.4) is 0 Å². The molecular formula is C23H22ClNO6S. The van der Waals surface area contributed by atoms with Gasteiger partial charge in [-0.25, -0.2) is 18.6 Å². The molecule has 3 aromatic carbocycles. The zero-order valence-corrected chi connectivity index (χ0v) is 18.8. The molecule has 0 amide bonds. The molecule has 7 nitrogen and oxygen atoms in total. The van der Waals surface area contributed by atoms with Crippen molar-refractivity contribution in [2.45, 2.75) is 22.7 Å². The molecule has 1 fully saturated rings. The second-order valence-electron chi connectivity index (χ2n) is 6.78. The fourth-order valence-corrected chi connectivity index (χ4v) is 4.42. The van der Waals surface area contributed by atoms with Gasteiger partial charge in [0.25, 0.3) is 0 Å². The highest BCUT2D eigenvalue weighted by Gasteiger charge is 2.38. The third-order valence-electron chi connectivity index (χ3n) is 4.53. The maximum absolute atomic E-state index is 8.49. The van der Waals surface area contributed by atoms with Crippen LogP contribution in [-0.4, -0.2) is 18.3 Å². The van der Waals surface area contributed by atoms with Crippen LogP contribution in [0.4, 0.5) is 5.69 Å². The Hall–Kier alpha value is -2.59. The molecule has 1 aliphatic rings. The van der Waals surface area contributed by atoms with Crippen LogP contribution >= 0.6 is 11.8 Å². The molecule has 0 aliphatic carbocycles. The van der Waals surface area contributed by atoms with Crippen molar-refractivity contribution in [1.29, 1.82) is 0 Å². The number of hydrogen-bond acceptors (Lipinski definition) is 7. The lowest BCUT2D eigenvalue weighted by molar-refractivity contribution is -2.00. The van der Waals surface area contributed by atoms with E-state index < -0.39 is 10.2 Å². The van der Waals surface area contributed by atoms with Gasteiger partial charge in [0.05, 0.1) is 18.8 Å². The first kappa shape index (κ1) is 24.1. The Morgan fingerprint density at radius 2 is 1.44 bits per heavy atom. The van der Waals surface area contributed by atoms with Crippen molar-refractivity contribution in [1.82, 2.24) is 0 Å². The molecule has 1 N–H and O–H groups in total. The molecule has 9 heteroatoms. The van der Waals surface area contributed by atoms with Crippen molar-refractivity contribution in [2.24, 2.45) is 0 Å². The molecule has 0 spiro atoms. The van der Waals surface area contributed by atoms with Crippen molar-refractivity contribution < 1.29 is 43.3 Å². The fraction of sp³-hybridized carbons (Fsp3) is 0.174. The van der Waals surface area contributed by atoms with E-state index in [2.05, 4.69) is 53.5 Å². The second-order valence-corrected chi connectivity index (χ2v) is 8.85. The van der Waals surface area contributed by atoms with Crippen molar-refractivity contribution in [3.05, 3.63) is 90.5 Å². The molecule has 32 heavy (non-hydrogen) atoms. The monoisotopic (exact) mass is 475 g/mol. The highest BCUT2D eigenvalue weighted by atomic mass is 35.7. The summed E-state index contributed by atoms with van der Waals surface area (Å²) in [6.45, 7) is 0. The van der Waals surface area contributed by atoms with E-state index in [0.717, 1.165) is 23.8 Å². The second kappa shape index (κ2) is 11.3. The summed E-state index contributed by atoms with van der Waals surface area (Å²) in [5.41, 5.74) is 2.21. The number of hydrogen-bond donors (Lipinski definition) is 1. The fourth-order valence-electron chi connectivity index (χ4n) is 3.19. The summed E-state index contributed by atoms with van der Waals surface area (Å²) in [6.07, 6.45) is 0.877. The Balaban J connectivity index is 0.000000523. The Labute approximate surface area is 192 Å². The van der Waals surface area contributed by atoms with E-state index in [1.165, 1.54) is 10.5 Å². The molecule has 3 aromatic rings. The Bertz CT molecular complexity index is 991. The van der Waals surface area contributed by atoms with Gasteiger partial charge in [-0.2, -0.15) is 4.99 Å². The number of ether oxygens (including phenoxy) is 2. The lowest BCUT2D eigenvalue weighted by atomic mass is 10.1. The highest BCUT2D eigenvalue weighted by molar-refractivity contribution is 8.00. The minimum absolute atomic E-state index is 0.0251. The summed E-state index contributed by atoms with van der Waals surface area (Å²) in [5, 5.41) is 0.315. The van der Waals surface area contributed by atoms with Crippen molar-refractivity contribution in [3.8, 4) is 5.75 Å². The van der Waals surface area contributed by atoms with Crippen molar-refractivity contribution >= 4 is 23.3 Å². The van der Waals surface area contributed by atoms with Crippen LogP contribution < -0.4 is 28.4 Å². The van der Waals surface area contributed by atoms with Gasteiger partial charge >= 0.3 is 5.90 Å². The quantitative estimate of drug-likeness (QED) is 0.521. The smallest absolute Gasteiger partial charge is 0.342 e. The Morgan fingerprint density at radius 1 is 0.875 bits per heavy atom. The standard InChI is InChI=1S/C23H21NO2S.ClHO4/c1-25-19-14-12-18(13-15-19)24-22-16-21(27-20-10-6-3-7-11-20)23(26-22)17-8-4-2-5-9-17;2-1(3,4)5/h2-15,21,23H,16H2,1H3;(H,2,3,4,5). The van der Waals surface area contributed by atoms with Crippen molar-refractivity contribution in [3.63, 3.8) is 0 Å². The maximum atomic E-state index is 8.49. The first-order chi connectivity index (χ1) is 15.3. The van der Waals surface area contributed by atoms with Gasteiger partial charge in [-0.3, -0.25) is 0 Å². The van der Waals surface area contributed by atoms with Gasteiger partial charge in [-0.05, 0) is 29.8 Å². The van der Waals surface area contributed by atoms with Crippen LogP contribution in [-0.2, 0) is 4.74 Å². The minimum Gasteiger partial charge on any atom is -0.497 e. The predicted octanol–water partition coefficient (Wildman–Crippen LogP) is -0.628. The van der Waals surface area contributed by atoms with E-state index in [9.17, 15) is 0 Å². The van der Waals surface area contributed by atoms with Gasteiger partial charge in [0, 0.05) is 17.0 Å². The molecule has 1 saturated heterocycles. The normalized spacial score (nSPS) is 19.1. The molecule has 1 aliphatic heterocycles. The van der Waals surface area contributed by atoms with Gasteiger partial charge in [-0.1, -0.05) is 48.5 Å². The maximum Gasteiger partial charge on any atom is 0.342 e. The Morgan fingerprint density at radius 3 is 2.00 bits per heavy atom. The van der Waals surface area contributed by atoms with Gasteiger partial charge in [0.1, 0.15) is 11.9 Å². The Kier molecular flexibility index (Phi) is 8.52. The first-order valence-corrected chi connectivity index (χ1v) is 11.7. The topological polar surface area (TPSA) is 125 Å². The average molecular weight is 476 g/mol. The summed E-state index contributed by atoms with van der Waals surface area (Å²) in [6, 6.07) is 28.9. The highest BCUT2D eigenvalue weighted by Crippen LogP contribution is 2.40. The average Bonchev–Trinajstić information content (AvgIpc) is 3.16. The van der Waals surface area contributed by atoms with Crippen LogP contribution in [0.1, 0.15) is 18.1 Å². The zero-order valence-electron chi connectivity index (χ0n) is 17.2. The number of nitrogens with one attached hydrogen (secondary N) is 1. The van der Waals surface area contributed by atoms with Crippen molar-refractivity contribution in [2.75, 3.05) is 7.11 Å². The van der Waals surface area contributed by atoms with E-state index in [-0.39, 0.29) is 6.10 Å². The van der Waals surface area contributed by atoms with Crippen LogP contribution in [0, 0.1) is 10.2 Å². The molecule has 4 rings (SSSR count). The number of rotatable bonds is 5. The molecule has 2 atom stereocenters. The number of benzene rings is 3. The molecule has 1 heterocycles. The molecule has 0 aromatic heterocycles.